The van der Waals surface area contributed by atoms with Crippen LogP contribution >= 0.6 is 0 Å². The van der Waals surface area contributed by atoms with Crippen molar-refractivity contribution in [1.29, 1.82) is 0 Å². The second-order valence-corrected chi connectivity index (χ2v) is 12.3. The summed E-state index contributed by atoms with van der Waals surface area (Å²) in [6.07, 6.45) is 7.76. The fourth-order valence-electron chi connectivity index (χ4n) is 6.56. The highest BCUT2D eigenvalue weighted by molar-refractivity contribution is 6.04. The van der Waals surface area contributed by atoms with Crippen LogP contribution in [0.15, 0.2) is 52.8 Å². The molecule has 2 amide bonds. The van der Waals surface area contributed by atoms with E-state index in [1.165, 1.54) is 12.0 Å². The number of ether oxygens (including phenoxy) is 4. The van der Waals surface area contributed by atoms with E-state index in [4.69, 9.17) is 24.7 Å². The van der Waals surface area contributed by atoms with Gasteiger partial charge in [-0.3, -0.25) is 19.5 Å². The highest BCUT2D eigenvalue weighted by atomic mass is 16.5. The number of hydrogen-bond donors (Lipinski definition) is 2. The average molecular weight is 632 g/mol. The minimum absolute atomic E-state index is 0.0734. The molecular weight excluding hydrogens is 590 g/mol. The summed E-state index contributed by atoms with van der Waals surface area (Å²) in [5.74, 6) is 1.51. The number of benzene rings is 2. The molecule has 0 spiro atoms. The number of nitrogens with zero attached hydrogens (tertiary/aromatic N) is 4. The van der Waals surface area contributed by atoms with Crippen LogP contribution in [0, 0.1) is 0 Å². The molecular formula is C34H41N5O7. The van der Waals surface area contributed by atoms with E-state index < -0.39 is 11.9 Å². The van der Waals surface area contributed by atoms with E-state index in [1.807, 2.05) is 26.3 Å². The number of rotatable bonds is 10. The van der Waals surface area contributed by atoms with Gasteiger partial charge in [0.2, 0.25) is 0 Å². The van der Waals surface area contributed by atoms with Crippen LogP contribution < -0.4 is 29.6 Å². The molecule has 4 heterocycles. The van der Waals surface area contributed by atoms with Crippen molar-refractivity contribution in [1.82, 2.24) is 9.80 Å². The van der Waals surface area contributed by atoms with Gasteiger partial charge in [-0.15, -0.1) is 0 Å². The summed E-state index contributed by atoms with van der Waals surface area (Å²) in [5, 5.41) is 11.2. The van der Waals surface area contributed by atoms with Crippen molar-refractivity contribution in [2.45, 2.75) is 63.9 Å². The van der Waals surface area contributed by atoms with Crippen LogP contribution in [0.3, 0.4) is 0 Å². The van der Waals surface area contributed by atoms with E-state index in [-0.39, 0.29) is 17.9 Å². The van der Waals surface area contributed by atoms with E-state index in [2.05, 4.69) is 4.99 Å². The summed E-state index contributed by atoms with van der Waals surface area (Å²) >= 11 is 0. The van der Waals surface area contributed by atoms with Gasteiger partial charge in [0, 0.05) is 44.2 Å². The molecule has 4 aliphatic rings. The second kappa shape index (κ2) is 12.3. The highest BCUT2D eigenvalue weighted by Crippen LogP contribution is 2.43. The van der Waals surface area contributed by atoms with E-state index in [0.717, 1.165) is 36.8 Å². The Bertz CT molecular complexity index is 1650. The summed E-state index contributed by atoms with van der Waals surface area (Å²) in [4.78, 5) is 36.1. The van der Waals surface area contributed by atoms with Gasteiger partial charge in [0.25, 0.3) is 11.8 Å². The van der Waals surface area contributed by atoms with Gasteiger partial charge < -0.3 is 39.6 Å². The lowest BCUT2D eigenvalue weighted by atomic mass is 10.0. The van der Waals surface area contributed by atoms with Crippen molar-refractivity contribution in [2.75, 3.05) is 39.4 Å². The van der Waals surface area contributed by atoms with Gasteiger partial charge in [-0.2, -0.15) is 0 Å². The van der Waals surface area contributed by atoms with Crippen LogP contribution in [0.4, 0.5) is 11.4 Å². The number of amides is 2. The molecule has 12 nitrogen and oxygen atoms in total. The number of aliphatic hydroxyl groups is 1. The molecule has 0 saturated heterocycles. The maximum atomic E-state index is 13.5. The zero-order valence-corrected chi connectivity index (χ0v) is 26.9. The third-order valence-corrected chi connectivity index (χ3v) is 8.97. The number of carbonyl (C=O) groups is 2. The highest BCUT2D eigenvalue weighted by Gasteiger charge is 2.50. The van der Waals surface area contributed by atoms with Gasteiger partial charge in [0.15, 0.2) is 29.2 Å². The van der Waals surface area contributed by atoms with Crippen LogP contribution in [0.5, 0.6) is 23.0 Å². The number of methoxy groups -OCH3 is 2. The molecule has 0 aromatic heterocycles. The van der Waals surface area contributed by atoms with Gasteiger partial charge in [0.05, 0.1) is 56.0 Å². The first kappa shape index (κ1) is 31.4. The molecule has 3 N–H and O–H groups in total. The lowest BCUT2D eigenvalue weighted by Gasteiger charge is -2.39. The van der Waals surface area contributed by atoms with Gasteiger partial charge in [-0.1, -0.05) is 11.1 Å². The summed E-state index contributed by atoms with van der Waals surface area (Å²) in [5.41, 5.74) is 9.31. The smallest absolute Gasteiger partial charge is 0.261 e. The van der Waals surface area contributed by atoms with Crippen molar-refractivity contribution >= 4 is 29.4 Å². The fraction of sp³-hybridized carbons (Fsp3) is 0.441. The lowest BCUT2D eigenvalue weighted by molar-refractivity contribution is 0.0123. The Kier molecular flexibility index (Phi) is 8.43. The normalized spacial score (nSPS) is 23.2. The molecule has 244 valence electrons. The number of aliphatic imine (C=N–C) groups is 1. The predicted octanol–water partition coefficient (Wildman–Crippen LogP) is 4.34. The van der Waals surface area contributed by atoms with Gasteiger partial charge >= 0.3 is 0 Å². The van der Waals surface area contributed by atoms with Crippen molar-refractivity contribution in [3.8, 4) is 23.0 Å². The van der Waals surface area contributed by atoms with Crippen molar-refractivity contribution < 1.29 is 33.6 Å². The largest absolute Gasteiger partial charge is 0.493 e. The minimum atomic E-state index is -1.27. The van der Waals surface area contributed by atoms with Gasteiger partial charge in [-0.25, -0.2) is 0 Å². The quantitative estimate of drug-likeness (QED) is 0.367. The molecule has 6 rings (SSSR count). The Morgan fingerprint density at radius 3 is 2.22 bits per heavy atom. The summed E-state index contributed by atoms with van der Waals surface area (Å²) in [7, 11) is 4.79. The van der Waals surface area contributed by atoms with E-state index in [0.29, 0.717) is 65.1 Å². The predicted molar refractivity (Wildman–Crippen MR) is 173 cm³/mol. The Morgan fingerprint density at radius 1 is 0.891 bits per heavy atom. The van der Waals surface area contributed by atoms with Crippen molar-refractivity contribution in [3.05, 3.63) is 58.9 Å². The summed E-state index contributed by atoms with van der Waals surface area (Å²) in [6.45, 7) is 4.76. The van der Waals surface area contributed by atoms with Crippen LogP contribution in [0.1, 0.15) is 66.7 Å². The van der Waals surface area contributed by atoms with Crippen LogP contribution in [-0.2, 0) is 0 Å². The molecule has 46 heavy (non-hydrogen) atoms. The lowest BCUT2D eigenvalue weighted by Crippen LogP contribution is -2.64. The maximum Gasteiger partial charge on any atom is 0.261 e. The van der Waals surface area contributed by atoms with Crippen LogP contribution in [-0.4, -0.2) is 85.3 Å². The van der Waals surface area contributed by atoms with Gasteiger partial charge in [0.1, 0.15) is 5.66 Å². The standard InChI is InChI=1S/C34H41N5O7/c1-20-11-22-17-36-25-14-29(27(43-4)12-23(25)31(40)38(22)18-20)45-9-7-6-8-10-46-30-15-26-24(13-28(30)44-5)32(41)39-19-21(2)16-34(39,35)33(42)37(26)3/h12-15,17-19,22,33,42H,6-11,16,35H2,1-5H3/t22-,33-,34-/m0/s1. The number of carbonyl (C=O) groups excluding carboxylic acids is 2. The number of anilines is 1. The number of unbranched alkanes of at least 4 members (excludes halogenated alkanes) is 2. The topological polar surface area (TPSA) is 139 Å². The Morgan fingerprint density at radius 2 is 1.54 bits per heavy atom. The number of hydrogen-bond acceptors (Lipinski definition) is 10. The maximum absolute atomic E-state index is 13.5. The number of fused-ring (bicyclic) bond motifs is 4. The molecule has 0 aliphatic carbocycles. The number of aliphatic hydroxyl groups excluding tert-OH is 1. The SMILES string of the molecule is COc1cc2c(cc1OCCCCCOc1cc3c(cc1OC)C(=O)N1C=C(C)C[C@@]1(N)[C@H](O)N3C)N=C[C@@H]1CC(C)=CN1C2=O. The second-order valence-electron chi connectivity index (χ2n) is 12.3. The third kappa shape index (κ3) is 5.45. The summed E-state index contributed by atoms with van der Waals surface area (Å²) < 4.78 is 23.3. The molecule has 0 unspecified atom stereocenters. The van der Waals surface area contributed by atoms with E-state index in [1.54, 1.807) is 54.4 Å². The van der Waals surface area contributed by atoms with Crippen LogP contribution in [0.25, 0.3) is 0 Å². The molecule has 0 radical (unpaired) electrons. The Hall–Kier alpha value is -4.55. The summed E-state index contributed by atoms with van der Waals surface area (Å²) in [6, 6.07) is 6.76. The molecule has 12 heteroatoms. The molecule has 3 atom stereocenters. The minimum Gasteiger partial charge on any atom is -0.493 e. The van der Waals surface area contributed by atoms with Crippen LogP contribution in [0.2, 0.25) is 0 Å². The zero-order chi connectivity index (χ0) is 32.7. The molecule has 0 bridgehead atoms. The Balaban J connectivity index is 1.05. The molecule has 2 aromatic rings. The Labute approximate surface area is 268 Å². The third-order valence-electron chi connectivity index (χ3n) is 8.97. The number of likely N-dealkylation sites (N-methyl/N-ethyl adjacent to an activating group) is 1. The van der Waals surface area contributed by atoms with Crippen molar-refractivity contribution in [2.24, 2.45) is 10.7 Å². The first-order chi connectivity index (χ1) is 22.0. The molecule has 0 fully saturated rings. The molecule has 2 aromatic carbocycles. The first-order valence-electron chi connectivity index (χ1n) is 15.5. The molecule has 4 aliphatic heterocycles. The van der Waals surface area contributed by atoms with E-state index in [9.17, 15) is 14.7 Å². The van der Waals surface area contributed by atoms with Gasteiger partial charge in [-0.05, 0) is 51.7 Å². The van der Waals surface area contributed by atoms with Crippen molar-refractivity contribution in [3.63, 3.8) is 0 Å². The fourth-order valence-corrected chi connectivity index (χ4v) is 6.56. The van der Waals surface area contributed by atoms with E-state index >= 15 is 0 Å². The average Bonchev–Trinajstić information content (AvgIpc) is 3.54. The first-order valence-corrected chi connectivity index (χ1v) is 15.5. The molecule has 0 saturated carbocycles. The number of nitrogens with two attached hydrogens (primary N) is 1. The monoisotopic (exact) mass is 631 g/mol. The zero-order valence-electron chi connectivity index (χ0n) is 26.9.